The number of nitrogens with zero attached hydrogens (tertiary/aromatic N) is 4. The van der Waals surface area contributed by atoms with Gasteiger partial charge in [-0.3, -0.25) is 24.0 Å². The summed E-state index contributed by atoms with van der Waals surface area (Å²) in [6.07, 6.45) is 5.47. The summed E-state index contributed by atoms with van der Waals surface area (Å²) in [6.45, 7) is -0.330. The van der Waals surface area contributed by atoms with Crippen LogP contribution in [-0.4, -0.2) is 55.5 Å². The van der Waals surface area contributed by atoms with Gasteiger partial charge in [-0.25, -0.2) is 0 Å². The van der Waals surface area contributed by atoms with Crippen LogP contribution in [0.3, 0.4) is 0 Å². The predicted molar refractivity (Wildman–Crippen MR) is 151 cm³/mol. The second-order valence-corrected chi connectivity index (χ2v) is 14.0. The number of amides is 1. The SMILES string of the molecule is O=C(CN(CC12CC3CC(CC(C3)C1)C2)C(=O)c1cnn([C@H]2CC[C@H](C(=O)O)CC2)c1C(F)(F)F)c1c(Cl)cncc1Cl. The van der Waals surface area contributed by atoms with Gasteiger partial charge in [-0.05, 0) is 87.4 Å². The zero-order valence-electron chi connectivity index (χ0n) is 23.5. The van der Waals surface area contributed by atoms with E-state index in [9.17, 15) is 32.7 Å². The van der Waals surface area contributed by atoms with Crippen LogP contribution in [0.5, 0.6) is 0 Å². The van der Waals surface area contributed by atoms with Crippen molar-refractivity contribution in [1.82, 2.24) is 19.7 Å². The van der Waals surface area contributed by atoms with Gasteiger partial charge in [0.15, 0.2) is 11.5 Å². The molecule has 0 spiro atoms. The van der Waals surface area contributed by atoms with Gasteiger partial charge in [0.1, 0.15) is 0 Å². The van der Waals surface area contributed by atoms with Gasteiger partial charge < -0.3 is 10.0 Å². The van der Waals surface area contributed by atoms with E-state index in [-0.39, 0.29) is 53.3 Å². The van der Waals surface area contributed by atoms with E-state index in [4.69, 9.17) is 23.2 Å². The van der Waals surface area contributed by atoms with Crippen LogP contribution in [0.15, 0.2) is 18.6 Å². The van der Waals surface area contributed by atoms with E-state index in [1.807, 2.05) is 0 Å². The zero-order valence-corrected chi connectivity index (χ0v) is 25.0. The summed E-state index contributed by atoms with van der Waals surface area (Å²) in [6, 6.07) is -0.693. The van der Waals surface area contributed by atoms with Gasteiger partial charge in [0.2, 0.25) is 0 Å². The number of pyridine rings is 1. The Labute approximate surface area is 256 Å². The monoisotopic (exact) mass is 640 g/mol. The fourth-order valence-corrected chi connectivity index (χ4v) is 9.41. The third-order valence-electron chi connectivity index (χ3n) is 10.1. The fourth-order valence-electron chi connectivity index (χ4n) is 8.83. The molecule has 0 aliphatic heterocycles. The minimum absolute atomic E-state index is 0.000433. The van der Waals surface area contributed by atoms with Crippen molar-refractivity contribution in [2.24, 2.45) is 29.1 Å². The van der Waals surface area contributed by atoms with E-state index in [0.29, 0.717) is 17.8 Å². The quantitative estimate of drug-likeness (QED) is 0.313. The Kier molecular flexibility index (Phi) is 8.03. The lowest BCUT2D eigenvalue weighted by Crippen LogP contribution is -2.53. The van der Waals surface area contributed by atoms with Crippen LogP contribution < -0.4 is 0 Å². The lowest BCUT2D eigenvalue weighted by atomic mass is 9.49. The Hall–Kier alpha value is -2.66. The molecular formula is C30H33Cl2F3N4O4. The van der Waals surface area contributed by atoms with Crippen molar-refractivity contribution in [3.05, 3.63) is 45.5 Å². The van der Waals surface area contributed by atoms with Crippen molar-refractivity contribution in [3.8, 4) is 0 Å². The van der Waals surface area contributed by atoms with E-state index >= 15 is 0 Å². The second kappa shape index (κ2) is 11.4. The fraction of sp³-hybridized carbons (Fsp3) is 0.633. The normalized spacial score (nSPS) is 29.9. The molecule has 1 amide bonds. The van der Waals surface area contributed by atoms with Crippen molar-refractivity contribution in [2.75, 3.05) is 13.1 Å². The molecule has 8 nitrogen and oxygen atoms in total. The minimum Gasteiger partial charge on any atom is -0.481 e. The topological polar surface area (TPSA) is 105 Å². The maximum atomic E-state index is 14.6. The molecule has 7 rings (SSSR count). The molecule has 5 saturated carbocycles. The minimum atomic E-state index is -4.90. The van der Waals surface area contributed by atoms with Crippen LogP contribution in [0, 0.1) is 29.1 Å². The Morgan fingerprint density at radius 2 is 1.51 bits per heavy atom. The molecule has 13 heteroatoms. The molecule has 5 aliphatic rings. The van der Waals surface area contributed by atoms with Gasteiger partial charge in [0.05, 0.1) is 45.9 Å². The lowest BCUT2D eigenvalue weighted by Gasteiger charge is -2.57. The first kappa shape index (κ1) is 30.4. The number of carboxylic acids is 1. The first-order valence-corrected chi connectivity index (χ1v) is 15.6. The van der Waals surface area contributed by atoms with Crippen molar-refractivity contribution >= 4 is 40.9 Å². The maximum absolute atomic E-state index is 14.6. The number of hydrogen-bond acceptors (Lipinski definition) is 5. The molecule has 43 heavy (non-hydrogen) atoms. The average Bonchev–Trinajstić information content (AvgIpc) is 3.37. The largest absolute Gasteiger partial charge is 0.481 e. The molecule has 5 aliphatic carbocycles. The summed E-state index contributed by atoms with van der Waals surface area (Å²) in [5.41, 5.74) is -2.07. The van der Waals surface area contributed by atoms with Gasteiger partial charge in [-0.1, -0.05) is 23.2 Å². The summed E-state index contributed by atoms with van der Waals surface area (Å²) < 4.78 is 44.8. The molecule has 0 saturated heterocycles. The molecule has 4 bridgehead atoms. The number of carboxylic acid groups (broad SMARTS) is 1. The summed E-state index contributed by atoms with van der Waals surface area (Å²) in [5.74, 6) is -1.50. The Balaban J connectivity index is 1.34. The summed E-state index contributed by atoms with van der Waals surface area (Å²) in [4.78, 5) is 44.2. The second-order valence-electron chi connectivity index (χ2n) is 13.2. The zero-order chi connectivity index (χ0) is 30.7. The summed E-state index contributed by atoms with van der Waals surface area (Å²) >= 11 is 12.5. The third kappa shape index (κ3) is 5.91. The molecule has 0 atom stereocenters. The number of Topliss-reactive ketones (excluding diaryl/α,β-unsaturated/α-hetero) is 1. The number of alkyl halides is 3. The molecule has 0 aromatic carbocycles. The first-order valence-electron chi connectivity index (χ1n) is 14.8. The van der Waals surface area contributed by atoms with Gasteiger partial charge in [0.25, 0.3) is 5.91 Å². The van der Waals surface area contributed by atoms with E-state index in [1.54, 1.807) is 0 Å². The maximum Gasteiger partial charge on any atom is 0.433 e. The van der Waals surface area contributed by atoms with Crippen LogP contribution in [0.25, 0.3) is 0 Å². The van der Waals surface area contributed by atoms with Gasteiger partial charge in [-0.15, -0.1) is 0 Å². The number of hydrogen-bond donors (Lipinski definition) is 1. The van der Waals surface area contributed by atoms with E-state index < -0.39 is 53.6 Å². The number of aliphatic carboxylic acids is 1. The highest BCUT2D eigenvalue weighted by Crippen LogP contribution is 2.60. The number of aromatic nitrogens is 3. The molecule has 2 aromatic heterocycles. The first-order chi connectivity index (χ1) is 20.3. The highest BCUT2D eigenvalue weighted by molar-refractivity contribution is 6.39. The number of carbonyl (C=O) groups is 3. The number of halogens is 5. The van der Waals surface area contributed by atoms with Gasteiger partial charge >= 0.3 is 12.1 Å². The van der Waals surface area contributed by atoms with Crippen molar-refractivity contribution in [2.45, 2.75) is 76.4 Å². The van der Waals surface area contributed by atoms with Crippen molar-refractivity contribution in [3.63, 3.8) is 0 Å². The highest BCUT2D eigenvalue weighted by Gasteiger charge is 2.52. The number of ketones is 1. The smallest absolute Gasteiger partial charge is 0.433 e. The lowest BCUT2D eigenvalue weighted by molar-refractivity contribution is -0.147. The molecule has 232 valence electrons. The van der Waals surface area contributed by atoms with E-state index in [0.717, 1.165) is 49.4 Å². The molecular weight excluding hydrogens is 608 g/mol. The Bertz CT molecular complexity index is 1380. The van der Waals surface area contributed by atoms with Crippen LogP contribution in [0.2, 0.25) is 10.0 Å². The third-order valence-corrected chi connectivity index (χ3v) is 10.7. The van der Waals surface area contributed by atoms with Crippen LogP contribution >= 0.6 is 23.2 Å². The van der Waals surface area contributed by atoms with Crippen molar-refractivity contribution < 1.29 is 32.7 Å². The molecule has 2 aromatic rings. The Morgan fingerprint density at radius 1 is 0.953 bits per heavy atom. The van der Waals surface area contributed by atoms with Gasteiger partial charge in [0, 0.05) is 18.9 Å². The number of rotatable bonds is 8. The molecule has 2 heterocycles. The predicted octanol–water partition coefficient (Wildman–Crippen LogP) is 6.96. The van der Waals surface area contributed by atoms with Gasteiger partial charge in [-0.2, -0.15) is 18.3 Å². The number of carbonyl (C=O) groups excluding carboxylic acids is 2. The Morgan fingerprint density at radius 3 is 2.02 bits per heavy atom. The van der Waals surface area contributed by atoms with E-state index in [2.05, 4.69) is 10.1 Å². The molecule has 0 radical (unpaired) electrons. The van der Waals surface area contributed by atoms with E-state index in [1.165, 1.54) is 17.3 Å². The molecule has 0 unspecified atom stereocenters. The molecule has 1 N–H and O–H groups in total. The van der Waals surface area contributed by atoms with Crippen LogP contribution in [0.4, 0.5) is 13.2 Å². The summed E-state index contributed by atoms with van der Waals surface area (Å²) in [7, 11) is 0. The standard InChI is InChI=1S/C30H33Cl2F3N4O4/c31-22-12-36-13-23(32)25(22)24(40)14-38(15-29-8-16-5-17(9-29)7-18(6-16)10-29)27(41)21-11-37-39(26(21)30(33,34)35)20-3-1-19(2-4-20)28(42)43/h11-13,16-20H,1-10,14-15H2,(H,42,43)/t16?,17?,18?,19-,20-,29?. The summed E-state index contributed by atoms with van der Waals surface area (Å²) in [5, 5.41) is 13.4. The average molecular weight is 642 g/mol. The van der Waals surface area contributed by atoms with Crippen LogP contribution in [0.1, 0.15) is 96.7 Å². The van der Waals surface area contributed by atoms with Crippen molar-refractivity contribution in [1.29, 1.82) is 0 Å². The molecule has 5 fully saturated rings. The van der Waals surface area contributed by atoms with Crippen LogP contribution in [-0.2, 0) is 11.0 Å². The highest BCUT2D eigenvalue weighted by atomic mass is 35.5.